The summed E-state index contributed by atoms with van der Waals surface area (Å²) in [6, 6.07) is 6.54. The average molecular weight is 236 g/mol. The third kappa shape index (κ3) is 2.06. The Kier molecular flexibility index (Phi) is 2.91. The molecule has 0 aliphatic carbocycles. The number of hydrogen-bond acceptors (Lipinski definition) is 5. The maximum absolute atomic E-state index is 11.2. The zero-order chi connectivity index (χ0) is 11.5. The first kappa shape index (κ1) is 10.7. The van der Waals surface area contributed by atoms with Crippen LogP contribution in [0.4, 0.5) is 4.79 Å². The van der Waals surface area contributed by atoms with Crippen molar-refractivity contribution >= 4 is 29.1 Å². The van der Waals surface area contributed by atoms with Crippen LogP contribution in [0, 0.1) is 0 Å². The molecule has 0 unspecified atom stereocenters. The van der Waals surface area contributed by atoms with Gasteiger partial charge in [0.05, 0.1) is 12.0 Å². The first-order valence-electron chi connectivity index (χ1n) is 4.50. The lowest BCUT2D eigenvalue weighted by Gasteiger charge is -2.04. The number of carbonyl (C=O) groups is 2. The minimum absolute atomic E-state index is 0.0537. The Hall–Kier alpha value is -1.82. The minimum Gasteiger partial charge on any atom is -0.507 e. The molecular weight excluding hydrogens is 228 g/mol. The molecule has 1 aromatic rings. The van der Waals surface area contributed by atoms with Crippen molar-refractivity contribution in [3.8, 4) is 5.75 Å². The van der Waals surface area contributed by atoms with Crippen LogP contribution in [0.25, 0.3) is 0 Å². The standard InChI is InChI=1S/C10H8N2O3S/c13-8-4-2-1-3-7(8)5-11-12-9(14)6-16-10(12)15/h1-5,13H,6H2/b11-5+. The minimum atomic E-state index is -0.392. The maximum atomic E-state index is 11.2. The summed E-state index contributed by atoms with van der Waals surface area (Å²) in [5.74, 6) is -0.170. The number of hydrazone groups is 1. The fourth-order valence-electron chi connectivity index (χ4n) is 1.18. The number of carbonyl (C=O) groups excluding carboxylic acids is 2. The van der Waals surface area contributed by atoms with Crippen LogP contribution in [-0.2, 0) is 4.79 Å². The van der Waals surface area contributed by atoms with E-state index in [2.05, 4.69) is 5.10 Å². The molecule has 0 atom stereocenters. The summed E-state index contributed by atoms with van der Waals surface area (Å²) >= 11 is 0.914. The summed E-state index contributed by atoms with van der Waals surface area (Å²) in [6.45, 7) is 0. The molecule has 1 heterocycles. The first-order valence-corrected chi connectivity index (χ1v) is 5.49. The molecule has 2 rings (SSSR count). The van der Waals surface area contributed by atoms with Gasteiger partial charge in [-0.3, -0.25) is 9.59 Å². The van der Waals surface area contributed by atoms with Crippen molar-refractivity contribution in [1.82, 2.24) is 5.01 Å². The number of para-hydroxylation sites is 1. The number of rotatable bonds is 2. The summed E-state index contributed by atoms with van der Waals surface area (Å²) in [5, 5.41) is 13.6. The summed E-state index contributed by atoms with van der Waals surface area (Å²) in [4.78, 5) is 22.4. The molecule has 1 saturated heterocycles. The molecule has 2 amide bonds. The van der Waals surface area contributed by atoms with Gasteiger partial charge in [0, 0.05) is 5.56 Å². The molecule has 6 heteroatoms. The van der Waals surface area contributed by atoms with Crippen molar-refractivity contribution in [2.24, 2.45) is 5.10 Å². The van der Waals surface area contributed by atoms with E-state index >= 15 is 0 Å². The van der Waals surface area contributed by atoms with E-state index in [9.17, 15) is 14.7 Å². The molecule has 1 aliphatic heterocycles. The van der Waals surface area contributed by atoms with Crippen molar-refractivity contribution in [3.63, 3.8) is 0 Å². The molecule has 82 valence electrons. The highest BCUT2D eigenvalue weighted by Crippen LogP contribution is 2.19. The highest BCUT2D eigenvalue weighted by molar-refractivity contribution is 8.14. The number of nitrogens with zero attached hydrogens (tertiary/aromatic N) is 2. The van der Waals surface area contributed by atoms with Gasteiger partial charge in [-0.2, -0.15) is 10.1 Å². The van der Waals surface area contributed by atoms with E-state index < -0.39 is 5.24 Å². The van der Waals surface area contributed by atoms with Gasteiger partial charge in [0.1, 0.15) is 5.75 Å². The number of benzene rings is 1. The van der Waals surface area contributed by atoms with Crippen molar-refractivity contribution in [2.45, 2.75) is 0 Å². The third-order valence-corrected chi connectivity index (χ3v) is 2.79. The normalized spacial score (nSPS) is 16.4. The van der Waals surface area contributed by atoms with Gasteiger partial charge in [0.25, 0.3) is 5.91 Å². The van der Waals surface area contributed by atoms with Crippen molar-refractivity contribution in [2.75, 3.05) is 5.75 Å². The van der Waals surface area contributed by atoms with E-state index in [0.717, 1.165) is 16.8 Å². The van der Waals surface area contributed by atoms with E-state index in [-0.39, 0.29) is 17.4 Å². The van der Waals surface area contributed by atoms with Crippen LogP contribution in [0.15, 0.2) is 29.4 Å². The quantitative estimate of drug-likeness (QED) is 0.788. The van der Waals surface area contributed by atoms with Crippen LogP contribution in [0.5, 0.6) is 5.75 Å². The molecule has 16 heavy (non-hydrogen) atoms. The van der Waals surface area contributed by atoms with E-state index in [1.807, 2.05) is 0 Å². The second kappa shape index (κ2) is 4.36. The highest BCUT2D eigenvalue weighted by Gasteiger charge is 2.29. The van der Waals surface area contributed by atoms with Gasteiger partial charge in [0.15, 0.2) is 0 Å². The maximum Gasteiger partial charge on any atom is 0.309 e. The molecule has 1 fully saturated rings. The molecule has 1 aliphatic rings. The van der Waals surface area contributed by atoms with Crippen LogP contribution in [0.1, 0.15) is 5.56 Å². The van der Waals surface area contributed by atoms with Gasteiger partial charge >= 0.3 is 5.24 Å². The summed E-state index contributed by atoms with van der Waals surface area (Å²) < 4.78 is 0. The van der Waals surface area contributed by atoms with Crippen molar-refractivity contribution in [1.29, 1.82) is 0 Å². The molecule has 5 nitrogen and oxygen atoms in total. The zero-order valence-electron chi connectivity index (χ0n) is 8.16. The zero-order valence-corrected chi connectivity index (χ0v) is 8.98. The summed E-state index contributed by atoms with van der Waals surface area (Å²) in [5.41, 5.74) is 0.458. The van der Waals surface area contributed by atoms with Gasteiger partial charge in [-0.1, -0.05) is 23.9 Å². The largest absolute Gasteiger partial charge is 0.507 e. The Morgan fingerprint density at radius 1 is 1.38 bits per heavy atom. The lowest BCUT2D eigenvalue weighted by molar-refractivity contribution is -0.124. The lowest BCUT2D eigenvalue weighted by atomic mass is 10.2. The van der Waals surface area contributed by atoms with Crippen molar-refractivity contribution in [3.05, 3.63) is 29.8 Å². The second-order valence-electron chi connectivity index (χ2n) is 3.06. The lowest BCUT2D eigenvalue weighted by Crippen LogP contribution is -2.22. The van der Waals surface area contributed by atoms with E-state index in [1.165, 1.54) is 12.3 Å². The van der Waals surface area contributed by atoms with Crippen molar-refractivity contribution < 1.29 is 14.7 Å². The highest BCUT2D eigenvalue weighted by atomic mass is 32.2. The average Bonchev–Trinajstić information content (AvgIpc) is 2.58. The number of phenols is 1. The van der Waals surface area contributed by atoms with E-state index in [0.29, 0.717) is 5.56 Å². The third-order valence-electron chi connectivity index (χ3n) is 1.98. The Morgan fingerprint density at radius 2 is 2.12 bits per heavy atom. The second-order valence-corrected chi connectivity index (χ2v) is 3.99. The number of thioether (sulfide) groups is 1. The van der Waals surface area contributed by atoms with Gasteiger partial charge < -0.3 is 5.11 Å². The monoisotopic (exact) mass is 236 g/mol. The topological polar surface area (TPSA) is 70.0 Å². The fourth-order valence-corrected chi connectivity index (χ4v) is 1.82. The van der Waals surface area contributed by atoms with Crippen LogP contribution in [-0.4, -0.2) is 33.2 Å². The van der Waals surface area contributed by atoms with Crippen LogP contribution < -0.4 is 0 Å². The van der Waals surface area contributed by atoms with E-state index in [4.69, 9.17) is 0 Å². The van der Waals surface area contributed by atoms with E-state index in [1.54, 1.807) is 18.2 Å². The molecule has 0 aromatic heterocycles. The molecule has 0 bridgehead atoms. The SMILES string of the molecule is O=C1CSC(=O)N1/N=C/c1ccccc1O. The van der Waals surface area contributed by atoms with Crippen LogP contribution >= 0.6 is 11.8 Å². The number of hydrogen-bond donors (Lipinski definition) is 1. The Bertz CT molecular complexity index is 457. The van der Waals surface area contributed by atoms with Crippen LogP contribution in [0.2, 0.25) is 0 Å². The molecule has 0 spiro atoms. The fraction of sp³-hybridized carbons (Fsp3) is 0.100. The van der Waals surface area contributed by atoms with Gasteiger partial charge in [-0.05, 0) is 12.1 Å². The summed E-state index contributed by atoms with van der Waals surface area (Å²) in [7, 11) is 0. The predicted molar refractivity (Wildman–Crippen MR) is 60.4 cm³/mol. The van der Waals surface area contributed by atoms with Gasteiger partial charge in [-0.15, -0.1) is 0 Å². The smallest absolute Gasteiger partial charge is 0.309 e. The Labute approximate surface area is 95.8 Å². The number of imide groups is 1. The first-order chi connectivity index (χ1) is 7.68. The molecular formula is C10H8N2O3S. The molecule has 1 N–H and O–H groups in total. The van der Waals surface area contributed by atoms with Gasteiger partial charge in [0.2, 0.25) is 0 Å². The number of phenolic OH excluding ortho intramolecular Hbond substituents is 1. The molecule has 0 saturated carbocycles. The molecule has 0 radical (unpaired) electrons. The van der Waals surface area contributed by atoms with Gasteiger partial charge in [-0.25, -0.2) is 0 Å². The molecule has 1 aromatic carbocycles. The Morgan fingerprint density at radius 3 is 2.75 bits per heavy atom. The predicted octanol–water partition coefficient (Wildman–Crippen LogP) is 1.42. The number of aromatic hydroxyl groups is 1. The number of amides is 2. The van der Waals surface area contributed by atoms with Crippen LogP contribution in [0.3, 0.4) is 0 Å². The summed E-state index contributed by atoms with van der Waals surface area (Å²) in [6.07, 6.45) is 1.29. The Balaban J connectivity index is 2.18.